The third kappa shape index (κ3) is 3.41. The van der Waals surface area contributed by atoms with Gasteiger partial charge in [-0.15, -0.1) is 0 Å². The molecule has 1 heterocycles. The van der Waals surface area contributed by atoms with E-state index in [0.717, 1.165) is 31.9 Å². The maximum absolute atomic E-state index is 5.58. The Morgan fingerprint density at radius 3 is 2.67 bits per heavy atom. The minimum absolute atomic E-state index is 0.481. The molecule has 0 bridgehead atoms. The highest BCUT2D eigenvalue weighted by Crippen LogP contribution is 2.32. The Hall–Kier alpha value is -0.220. The summed E-state index contributed by atoms with van der Waals surface area (Å²) in [6, 6.07) is 0.591. The fraction of sp³-hybridized carbons (Fsp3) is 0.929. The first-order valence-electron chi connectivity index (χ1n) is 7.36. The first-order valence-corrected chi connectivity index (χ1v) is 8.23. The van der Waals surface area contributed by atoms with Crippen molar-refractivity contribution in [2.45, 2.75) is 63.9 Å². The predicted molar refractivity (Wildman–Crippen MR) is 79.3 cm³/mol. The van der Waals surface area contributed by atoms with Crippen LogP contribution in [0.25, 0.3) is 0 Å². The van der Waals surface area contributed by atoms with Crippen molar-refractivity contribution in [2.75, 3.05) is 13.2 Å². The number of aliphatic imine (C=N–C) groups is 1. The second kappa shape index (κ2) is 6.80. The van der Waals surface area contributed by atoms with Crippen LogP contribution in [0.4, 0.5) is 0 Å². The molecular weight excluding hydrogens is 244 g/mol. The molecule has 0 spiro atoms. The van der Waals surface area contributed by atoms with Gasteiger partial charge in [0.2, 0.25) is 0 Å². The Kier molecular flexibility index (Phi) is 5.37. The molecule has 1 atom stereocenters. The monoisotopic (exact) mass is 270 g/mol. The highest BCUT2D eigenvalue weighted by molar-refractivity contribution is 8.14. The van der Waals surface area contributed by atoms with E-state index in [0.29, 0.717) is 17.4 Å². The van der Waals surface area contributed by atoms with Crippen molar-refractivity contribution in [3.8, 4) is 0 Å². The van der Waals surface area contributed by atoms with Gasteiger partial charge in [0.05, 0.1) is 12.6 Å². The summed E-state index contributed by atoms with van der Waals surface area (Å²) in [6.07, 6.45) is 5.31. The average molecular weight is 270 g/mol. The highest BCUT2D eigenvalue weighted by Gasteiger charge is 2.32. The molecule has 0 amide bonds. The fourth-order valence-electron chi connectivity index (χ4n) is 2.76. The first kappa shape index (κ1) is 14.2. The van der Waals surface area contributed by atoms with Crippen LogP contribution in [0.2, 0.25) is 0 Å². The van der Waals surface area contributed by atoms with E-state index in [1.165, 1.54) is 18.0 Å². The largest absolute Gasteiger partial charge is 0.378 e. The van der Waals surface area contributed by atoms with Gasteiger partial charge in [-0.25, -0.2) is 0 Å². The topological polar surface area (TPSA) is 33.6 Å². The van der Waals surface area contributed by atoms with E-state index in [4.69, 9.17) is 4.74 Å². The van der Waals surface area contributed by atoms with Gasteiger partial charge in [-0.05, 0) is 25.7 Å². The Balaban J connectivity index is 1.67. The number of nitrogens with one attached hydrogen (secondary N) is 1. The quantitative estimate of drug-likeness (QED) is 0.805. The van der Waals surface area contributed by atoms with E-state index in [1.807, 2.05) is 11.8 Å². The molecule has 1 aliphatic heterocycles. The summed E-state index contributed by atoms with van der Waals surface area (Å²) < 4.78 is 5.58. The summed E-state index contributed by atoms with van der Waals surface area (Å²) in [7, 11) is 0. The normalized spacial score (nSPS) is 31.3. The van der Waals surface area contributed by atoms with Crippen LogP contribution in [-0.4, -0.2) is 35.7 Å². The van der Waals surface area contributed by atoms with Crippen LogP contribution in [0.5, 0.6) is 0 Å². The van der Waals surface area contributed by atoms with Gasteiger partial charge in [-0.1, -0.05) is 38.5 Å². The van der Waals surface area contributed by atoms with Crippen molar-refractivity contribution in [3.05, 3.63) is 0 Å². The third-order valence-corrected chi connectivity index (χ3v) is 5.38. The molecule has 1 unspecified atom stereocenters. The number of hydrogen-bond acceptors (Lipinski definition) is 4. The molecule has 1 saturated carbocycles. The van der Waals surface area contributed by atoms with Crippen molar-refractivity contribution in [2.24, 2.45) is 10.9 Å². The van der Waals surface area contributed by atoms with Crippen molar-refractivity contribution in [1.29, 1.82) is 0 Å². The van der Waals surface area contributed by atoms with Crippen LogP contribution in [0, 0.1) is 5.92 Å². The van der Waals surface area contributed by atoms with Crippen molar-refractivity contribution in [3.63, 3.8) is 0 Å². The lowest BCUT2D eigenvalue weighted by Gasteiger charge is -2.35. The number of nitrogens with zero attached hydrogens (tertiary/aromatic N) is 1. The fourth-order valence-corrected chi connectivity index (χ4v) is 4.16. The van der Waals surface area contributed by atoms with Gasteiger partial charge in [0.1, 0.15) is 0 Å². The lowest BCUT2D eigenvalue weighted by atomic mass is 9.89. The Bertz CT molecular complexity index is 286. The molecule has 1 aliphatic carbocycles. The molecule has 0 aromatic heterocycles. The predicted octanol–water partition coefficient (Wildman–Crippen LogP) is 3.05. The molecule has 2 aliphatic rings. The summed E-state index contributed by atoms with van der Waals surface area (Å²) in [4.78, 5) is 4.65. The van der Waals surface area contributed by atoms with Crippen molar-refractivity contribution < 1.29 is 4.74 Å². The Labute approximate surface area is 115 Å². The Morgan fingerprint density at radius 2 is 2.06 bits per heavy atom. The van der Waals surface area contributed by atoms with Gasteiger partial charge in [0.25, 0.3) is 0 Å². The van der Waals surface area contributed by atoms with Gasteiger partial charge in [-0.2, -0.15) is 0 Å². The van der Waals surface area contributed by atoms with E-state index >= 15 is 0 Å². The molecule has 104 valence electrons. The molecule has 0 aromatic rings. The number of rotatable bonds is 6. The highest BCUT2D eigenvalue weighted by atomic mass is 32.2. The minimum atomic E-state index is 0.481. The molecule has 2 rings (SSSR count). The SMILES string of the molecule is CCOC1CC(NC2=NCC(C(CC)CC)S2)C1. The minimum Gasteiger partial charge on any atom is -0.378 e. The van der Waals surface area contributed by atoms with Crippen molar-refractivity contribution >= 4 is 16.9 Å². The molecule has 1 fully saturated rings. The average Bonchev–Trinajstić information content (AvgIpc) is 2.77. The standard InChI is InChI=1S/C14H26N2OS/c1-4-10(5-2)13-9-15-14(18-13)16-11-7-12(8-11)17-6-3/h10-13H,4-9H2,1-3H3,(H,15,16). The molecule has 0 aromatic carbocycles. The molecular formula is C14H26N2OS. The zero-order valence-corrected chi connectivity index (χ0v) is 12.6. The number of ether oxygens (including phenoxy) is 1. The number of thioether (sulfide) groups is 1. The Morgan fingerprint density at radius 1 is 1.33 bits per heavy atom. The summed E-state index contributed by atoms with van der Waals surface area (Å²) >= 11 is 1.96. The van der Waals surface area contributed by atoms with Gasteiger partial charge < -0.3 is 10.1 Å². The maximum atomic E-state index is 5.58. The maximum Gasteiger partial charge on any atom is 0.157 e. The van der Waals surface area contributed by atoms with Crippen LogP contribution in [-0.2, 0) is 4.74 Å². The van der Waals surface area contributed by atoms with Crippen LogP contribution in [0.15, 0.2) is 4.99 Å². The molecule has 18 heavy (non-hydrogen) atoms. The lowest BCUT2D eigenvalue weighted by molar-refractivity contribution is -0.00541. The summed E-state index contributed by atoms with van der Waals surface area (Å²) in [5, 5.41) is 5.44. The van der Waals surface area contributed by atoms with E-state index in [9.17, 15) is 0 Å². The van der Waals surface area contributed by atoms with E-state index in [-0.39, 0.29) is 0 Å². The lowest BCUT2D eigenvalue weighted by Crippen LogP contribution is -2.47. The zero-order valence-electron chi connectivity index (χ0n) is 11.8. The van der Waals surface area contributed by atoms with Crippen LogP contribution in [0.3, 0.4) is 0 Å². The smallest absolute Gasteiger partial charge is 0.157 e. The number of amidine groups is 1. The van der Waals surface area contributed by atoms with Crippen LogP contribution < -0.4 is 5.32 Å². The molecule has 0 radical (unpaired) electrons. The van der Waals surface area contributed by atoms with E-state index in [1.54, 1.807) is 0 Å². The van der Waals surface area contributed by atoms with Crippen LogP contribution >= 0.6 is 11.8 Å². The second-order valence-electron chi connectivity index (χ2n) is 5.27. The van der Waals surface area contributed by atoms with Crippen molar-refractivity contribution in [1.82, 2.24) is 5.32 Å². The van der Waals surface area contributed by atoms with E-state index in [2.05, 4.69) is 31.1 Å². The molecule has 3 nitrogen and oxygen atoms in total. The van der Waals surface area contributed by atoms with E-state index < -0.39 is 0 Å². The zero-order chi connectivity index (χ0) is 13.0. The second-order valence-corrected chi connectivity index (χ2v) is 6.50. The molecule has 1 N–H and O–H groups in total. The molecule has 0 saturated heterocycles. The van der Waals surface area contributed by atoms with Gasteiger partial charge >= 0.3 is 0 Å². The number of hydrogen-bond donors (Lipinski definition) is 1. The van der Waals surface area contributed by atoms with Gasteiger partial charge in [-0.3, -0.25) is 4.99 Å². The first-order chi connectivity index (χ1) is 8.76. The summed E-state index contributed by atoms with van der Waals surface area (Å²) in [5.41, 5.74) is 0. The van der Waals surface area contributed by atoms with Gasteiger partial charge in [0.15, 0.2) is 5.17 Å². The molecule has 4 heteroatoms. The summed E-state index contributed by atoms with van der Waals surface area (Å²) in [6.45, 7) is 8.49. The third-order valence-electron chi connectivity index (χ3n) is 4.08. The summed E-state index contributed by atoms with van der Waals surface area (Å²) in [5.74, 6) is 0.815. The van der Waals surface area contributed by atoms with Gasteiger partial charge in [0, 0.05) is 17.9 Å². The van der Waals surface area contributed by atoms with Crippen LogP contribution in [0.1, 0.15) is 46.5 Å².